The van der Waals surface area contributed by atoms with Gasteiger partial charge in [0.2, 0.25) is 0 Å². The van der Waals surface area contributed by atoms with Gasteiger partial charge in [-0.25, -0.2) is 4.57 Å². The van der Waals surface area contributed by atoms with Crippen molar-refractivity contribution in [1.82, 2.24) is 0 Å². The lowest BCUT2D eigenvalue weighted by Crippen LogP contribution is -1.99. The van der Waals surface area contributed by atoms with E-state index in [-0.39, 0.29) is 12.4 Å². The van der Waals surface area contributed by atoms with Crippen LogP contribution in [0.2, 0.25) is 0 Å². The third-order valence-corrected chi connectivity index (χ3v) is 2.76. The molecule has 0 aromatic carbocycles. The van der Waals surface area contributed by atoms with E-state index in [4.69, 9.17) is 4.52 Å². The third kappa shape index (κ3) is 5.93. The summed E-state index contributed by atoms with van der Waals surface area (Å²) in [7, 11) is -0.862. The van der Waals surface area contributed by atoms with E-state index in [9.17, 15) is 9.36 Å². The van der Waals surface area contributed by atoms with Crippen LogP contribution in [0.3, 0.4) is 0 Å². The van der Waals surface area contributed by atoms with Crippen LogP contribution in [0.1, 0.15) is 19.8 Å². The lowest BCUT2D eigenvalue weighted by Gasteiger charge is -2.12. The predicted octanol–water partition coefficient (Wildman–Crippen LogP) is 1.77. The highest BCUT2D eigenvalue weighted by atomic mass is 31.2. The molecule has 0 spiro atoms. The van der Waals surface area contributed by atoms with Gasteiger partial charge in [-0.15, -0.1) is 0 Å². The minimum absolute atomic E-state index is 0.0771. The minimum atomic E-state index is -3.35. The van der Waals surface area contributed by atoms with Crippen molar-refractivity contribution in [2.24, 2.45) is 0 Å². The van der Waals surface area contributed by atoms with E-state index < -0.39 is 7.82 Å². The van der Waals surface area contributed by atoms with Gasteiger partial charge in [0.05, 0.1) is 6.61 Å². The number of carbonyl (C=O) groups is 1. The summed E-state index contributed by atoms with van der Waals surface area (Å²) >= 11 is 0. The molecule has 13 heavy (non-hydrogen) atoms. The summed E-state index contributed by atoms with van der Waals surface area (Å²) in [6, 6.07) is 0. The van der Waals surface area contributed by atoms with Gasteiger partial charge in [0.1, 0.15) is 5.78 Å². The average molecular weight is 210 g/mol. The molecule has 5 nitrogen and oxygen atoms in total. The lowest BCUT2D eigenvalue weighted by atomic mass is 10.2. The van der Waals surface area contributed by atoms with E-state index >= 15 is 0 Å². The third-order valence-electron chi connectivity index (χ3n) is 1.37. The molecule has 0 fully saturated rings. The van der Waals surface area contributed by atoms with Gasteiger partial charge >= 0.3 is 7.82 Å². The molecule has 6 heteroatoms. The number of hydrogen-bond acceptors (Lipinski definition) is 5. The highest BCUT2D eigenvalue weighted by Gasteiger charge is 2.21. The molecule has 0 saturated heterocycles. The zero-order valence-electron chi connectivity index (χ0n) is 8.11. The van der Waals surface area contributed by atoms with Crippen molar-refractivity contribution < 1.29 is 22.9 Å². The summed E-state index contributed by atoms with van der Waals surface area (Å²) < 4.78 is 25.1. The molecular weight excluding hydrogens is 195 g/mol. The molecule has 78 valence electrons. The summed E-state index contributed by atoms with van der Waals surface area (Å²) in [5.41, 5.74) is 0. The van der Waals surface area contributed by atoms with E-state index in [1.54, 1.807) is 0 Å². The fourth-order valence-corrected chi connectivity index (χ4v) is 1.39. The van der Waals surface area contributed by atoms with Gasteiger partial charge in [-0.3, -0.25) is 13.6 Å². The van der Waals surface area contributed by atoms with Crippen molar-refractivity contribution in [2.45, 2.75) is 19.8 Å². The van der Waals surface area contributed by atoms with Gasteiger partial charge in [-0.2, -0.15) is 0 Å². The molecule has 0 saturated carbocycles. The quantitative estimate of drug-likeness (QED) is 0.473. The van der Waals surface area contributed by atoms with E-state index in [1.807, 2.05) is 0 Å². The highest BCUT2D eigenvalue weighted by Crippen LogP contribution is 2.47. The van der Waals surface area contributed by atoms with Crippen LogP contribution in [-0.2, 0) is 22.9 Å². The van der Waals surface area contributed by atoms with Crippen molar-refractivity contribution in [1.29, 1.82) is 0 Å². The molecule has 0 amide bonds. The van der Waals surface area contributed by atoms with Crippen molar-refractivity contribution >= 4 is 13.6 Å². The topological polar surface area (TPSA) is 61.8 Å². The maximum absolute atomic E-state index is 11.2. The number of phosphoric ester groups is 1. The number of Topliss-reactive ketones (excluding diaryl/α,β-unsaturated/α-hetero) is 1. The first-order chi connectivity index (χ1) is 6.04. The zero-order valence-corrected chi connectivity index (χ0v) is 9.00. The molecule has 0 aromatic heterocycles. The van der Waals surface area contributed by atoms with E-state index in [1.165, 1.54) is 21.1 Å². The molecule has 0 heterocycles. The van der Waals surface area contributed by atoms with Crippen LogP contribution in [0.4, 0.5) is 0 Å². The van der Waals surface area contributed by atoms with Crippen molar-refractivity contribution in [3.05, 3.63) is 0 Å². The van der Waals surface area contributed by atoms with Crippen LogP contribution < -0.4 is 0 Å². The smallest absolute Gasteiger partial charge is 0.300 e. The standard InChI is InChI=1S/C7H15O5P/c1-7(8)5-4-6-12-13(9,10-2)11-3/h4-6H2,1-3H3. The molecule has 0 radical (unpaired) electrons. The fourth-order valence-electron chi connectivity index (χ4n) is 0.677. The van der Waals surface area contributed by atoms with E-state index in [2.05, 4.69) is 9.05 Å². The Bertz CT molecular complexity index is 195. The van der Waals surface area contributed by atoms with Crippen LogP contribution in [0, 0.1) is 0 Å². The largest absolute Gasteiger partial charge is 0.474 e. The second kappa shape index (κ2) is 6.27. The Hall–Kier alpha value is -0.220. The Labute approximate surface area is 78.0 Å². The first-order valence-corrected chi connectivity index (χ1v) is 5.35. The van der Waals surface area contributed by atoms with Gasteiger partial charge in [0.15, 0.2) is 0 Å². The first kappa shape index (κ1) is 12.8. The van der Waals surface area contributed by atoms with Gasteiger partial charge in [-0.05, 0) is 13.3 Å². The van der Waals surface area contributed by atoms with Crippen LogP contribution >= 0.6 is 7.82 Å². The second-order valence-electron chi connectivity index (χ2n) is 2.45. The van der Waals surface area contributed by atoms with Gasteiger partial charge in [0, 0.05) is 20.6 Å². The van der Waals surface area contributed by atoms with Crippen molar-refractivity contribution in [3.8, 4) is 0 Å². The van der Waals surface area contributed by atoms with E-state index in [0.717, 1.165) is 0 Å². The number of carbonyl (C=O) groups excluding carboxylic acids is 1. The summed E-state index contributed by atoms with van der Waals surface area (Å²) in [5.74, 6) is 0.0771. The van der Waals surface area contributed by atoms with Crippen LogP contribution in [-0.4, -0.2) is 26.6 Å². The number of phosphoric acid groups is 1. The minimum Gasteiger partial charge on any atom is -0.300 e. The molecule has 0 rings (SSSR count). The Morgan fingerprint density at radius 2 is 1.85 bits per heavy atom. The molecule has 0 aliphatic heterocycles. The average Bonchev–Trinajstić information content (AvgIpc) is 2.12. The van der Waals surface area contributed by atoms with Gasteiger partial charge in [-0.1, -0.05) is 0 Å². The molecule has 0 aromatic rings. The summed E-state index contributed by atoms with van der Waals surface area (Å²) in [6.07, 6.45) is 0.930. The van der Waals surface area contributed by atoms with Crippen LogP contribution in [0.5, 0.6) is 0 Å². The van der Waals surface area contributed by atoms with Crippen molar-refractivity contribution in [3.63, 3.8) is 0 Å². The molecule has 0 N–H and O–H groups in total. The summed E-state index contributed by atoms with van der Waals surface area (Å²) in [6.45, 7) is 1.69. The summed E-state index contributed by atoms with van der Waals surface area (Å²) in [5, 5.41) is 0. The van der Waals surface area contributed by atoms with Crippen molar-refractivity contribution in [2.75, 3.05) is 20.8 Å². The molecular formula is C7H15O5P. The Balaban J connectivity index is 3.62. The number of ketones is 1. The molecule has 0 bridgehead atoms. The van der Waals surface area contributed by atoms with Crippen LogP contribution in [0.25, 0.3) is 0 Å². The lowest BCUT2D eigenvalue weighted by molar-refractivity contribution is -0.117. The normalized spacial score (nSPS) is 11.6. The summed E-state index contributed by atoms with van der Waals surface area (Å²) in [4.78, 5) is 10.5. The number of hydrogen-bond donors (Lipinski definition) is 0. The maximum Gasteiger partial charge on any atom is 0.474 e. The highest BCUT2D eigenvalue weighted by molar-refractivity contribution is 7.48. The van der Waals surface area contributed by atoms with E-state index in [0.29, 0.717) is 12.8 Å². The molecule has 0 aliphatic carbocycles. The monoisotopic (exact) mass is 210 g/mol. The van der Waals surface area contributed by atoms with Gasteiger partial charge in [0.25, 0.3) is 0 Å². The Morgan fingerprint density at radius 1 is 1.31 bits per heavy atom. The predicted molar refractivity (Wildman–Crippen MR) is 47.5 cm³/mol. The Kier molecular flexibility index (Phi) is 6.16. The number of rotatable bonds is 7. The fraction of sp³-hybridized carbons (Fsp3) is 0.857. The van der Waals surface area contributed by atoms with Gasteiger partial charge < -0.3 is 4.79 Å². The van der Waals surface area contributed by atoms with Crippen LogP contribution in [0.15, 0.2) is 0 Å². The molecule has 0 unspecified atom stereocenters. The second-order valence-corrected chi connectivity index (χ2v) is 4.33. The molecule has 0 aliphatic rings. The first-order valence-electron chi connectivity index (χ1n) is 3.89. The Morgan fingerprint density at radius 3 is 2.23 bits per heavy atom. The maximum atomic E-state index is 11.2. The molecule has 0 atom stereocenters. The SMILES string of the molecule is COP(=O)(OC)OCCCC(C)=O. The zero-order chi connectivity index (χ0) is 10.3.